The Bertz CT molecular complexity index is 1450. The quantitative estimate of drug-likeness (QED) is 0.239. The molecule has 0 spiro atoms. The second-order valence-electron chi connectivity index (χ2n) is 11.1. The summed E-state index contributed by atoms with van der Waals surface area (Å²) >= 11 is 6.66. The molecule has 6 rings (SSSR count). The third-order valence-electron chi connectivity index (χ3n) is 8.64. The van der Waals surface area contributed by atoms with E-state index in [-0.39, 0.29) is 30.4 Å². The lowest BCUT2D eigenvalue weighted by atomic mass is 9.86. The largest absolute Gasteiger partial charge is 0.497 e. The summed E-state index contributed by atoms with van der Waals surface area (Å²) in [5, 5.41) is 23.0. The van der Waals surface area contributed by atoms with Crippen LogP contribution in [0.1, 0.15) is 30.7 Å². The van der Waals surface area contributed by atoms with Gasteiger partial charge in [0.05, 0.1) is 42.8 Å². The number of methoxy groups -OCH3 is 1. The van der Waals surface area contributed by atoms with Gasteiger partial charge in [-0.15, -0.1) is 0 Å². The van der Waals surface area contributed by atoms with Crippen molar-refractivity contribution in [1.82, 2.24) is 19.9 Å². The van der Waals surface area contributed by atoms with Crippen LogP contribution >= 0.6 is 11.6 Å². The van der Waals surface area contributed by atoms with E-state index in [0.29, 0.717) is 34.2 Å². The first-order valence-corrected chi connectivity index (χ1v) is 14.4. The second kappa shape index (κ2) is 11.5. The average molecular weight is 583 g/mol. The molecule has 2 aromatic heterocycles. The molecule has 6 N–H and O–H groups in total. The number of anilines is 1. The summed E-state index contributed by atoms with van der Waals surface area (Å²) in [7, 11) is 1.66. The fraction of sp³-hybridized carbons (Fsp3) is 0.483. The summed E-state index contributed by atoms with van der Waals surface area (Å²) in [5.74, 6) is 1.99. The number of aliphatic hydroxyl groups excluding tert-OH is 2. The number of fused-ring (bicyclic) bond motifs is 3. The van der Waals surface area contributed by atoms with E-state index in [0.717, 1.165) is 49.2 Å². The maximum absolute atomic E-state index is 11.6. The number of nitrogens with two attached hydrogens (primary N) is 1. The van der Waals surface area contributed by atoms with Gasteiger partial charge in [0, 0.05) is 23.9 Å². The van der Waals surface area contributed by atoms with Crippen molar-refractivity contribution in [1.29, 1.82) is 0 Å². The van der Waals surface area contributed by atoms with Gasteiger partial charge in [-0.2, -0.15) is 0 Å². The number of hydrogen-bond donors (Lipinski definition) is 5. The number of amides is 1. The van der Waals surface area contributed by atoms with Gasteiger partial charge in [-0.25, -0.2) is 14.8 Å². The van der Waals surface area contributed by atoms with Crippen molar-refractivity contribution >= 4 is 34.5 Å². The number of imidazole rings is 1. The molecule has 11 nitrogen and oxygen atoms in total. The number of ether oxygens (including phenoxy) is 2. The molecule has 1 saturated carbocycles. The number of primary amides is 1. The van der Waals surface area contributed by atoms with Gasteiger partial charge in [-0.3, -0.25) is 0 Å². The van der Waals surface area contributed by atoms with Crippen LogP contribution in [-0.4, -0.2) is 87.8 Å². The van der Waals surface area contributed by atoms with Crippen molar-refractivity contribution in [3.63, 3.8) is 0 Å². The van der Waals surface area contributed by atoms with Crippen LogP contribution < -0.4 is 15.8 Å². The Labute approximate surface area is 242 Å². The lowest BCUT2D eigenvalue weighted by molar-refractivity contribution is 0.0513. The highest BCUT2D eigenvalue weighted by Gasteiger charge is 2.47. The minimum Gasteiger partial charge on any atom is -0.497 e. The summed E-state index contributed by atoms with van der Waals surface area (Å²) in [6, 6.07) is 5.82. The monoisotopic (exact) mass is 582 g/mol. The number of halogens is 1. The molecule has 41 heavy (non-hydrogen) atoms. The Morgan fingerprint density at radius 2 is 2.07 bits per heavy atom. The molecule has 3 aromatic rings. The van der Waals surface area contributed by atoms with E-state index in [2.05, 4.69) is 38.4 Å². The van der Waals surface area contributed by atoms with E-state index in [1.807, 2.05) is 12.1 Å². The smallest absolute Gasteiger partial charge is 0.404 e. The first-order valence-electron chi connectivity index (χ1n) is 14.0. The molecule has 12 heteroatoms. The molecular formula is C29H35ClN6O5. The molecule has 1 saturated heterocycles. The predicted octanol–water partition coefficient (Wildman–Crippen LogP) is 3.27. The number of likely N-dealkylation sites (tertiary alicyclic amines) is 1. The van der Waals surface area contributed by atoms with Crippen LogP contribution in [0.2, 0.25) is 5.02 Å². The van der Waals surface area contributed by atoms with Gasteiger partial charge in [0.25, 0.3) is 0 Å². The van der Waals surface area contributed by atoms with E-state index < -0.39 is 18.3 Å². The maximum atomic E-state index is 11.6. The van der Waals surface area contributed by atoms with Crippen LogP contribution in [0, 0.1) is 11.8 Å². The molecule has 2 bridgehead atoms. The normalized spacial score (nSPS) is 25.1. The Kier molecular flexibility index (Phi) is 7.78. The minimum atomic E-state index is -0.793. The molecule has 2 fully saturated rings. The zero-order valence-corrected chi connectivity index (χ0v) is 23.6. The Hall–Kier alpha value is -3.38. The number of benzene rings is 1. The molecule has 1 amide bonds. The standard InChI is InChI=1S/C29H35ClN6O5/c1-40-19-4-5-20(21(11-19)15-6-8-36(9-7-15)13-18(38)14-37)27-34-25-24(22(30)12-32-28(25)35-27)33-23-16-2-3-17(10-16)26(23)41-29(31)39/h2-5,11-12,15-18,23,26,37-38H,6-10,13-14H2,1H3,(H2,31,39)(H2,32,33,34,35)/t16-,17+,18-,23+,26-/m0/s1. The van der Waals surface area contributed by atoms with Crippen molar-refractivity contribution < 1.29 is 24.5 Å². The molecule has 5 atom stereocenters. The van der Waals surface area contributed by atoms with Crippen LogP contribution in [0.4, 0.5) is 10.5 Å². The summed E-state index contributed by atoms with van der Waals surface area (Å²) in [6.45, 7) is 1.86. The van der Waals surface area contributed by atoms with Crippen LogP contribution in [0.15, 0.2) is 36.5 Å². The van der Waals surface area contributed by atoms with Crippen LogP contribution in [0.5, 0.6) is 5.75 Å². The number of pyridine rings is 1. The van der Waals surface area contributed by atoms with E-state index >= 15 is 0 Å². The number of hydrogen-bond acceptors (Lipinski definition) is 9. The van der Waals surface area contributed by atoms with Gasteiger partial charge >= 0.3 is 6.09 Å². The van der Waals surface area contributed by atoms with Crippen molar-refractivity contribution in [2.75, 3.05) is 38.7 Å². The molecule has 3 aliphatic rings. The van der Waals surface area contributed by atoms with Gasteiger partial charge in [-0.05, 0) is 62.0 Å². The number of piperidine rings is 1. The number of nitrogens with zero attached hydrogens (tertiary/aromatic N) is 3. The van der Waals surface area contributed by atoms with Crippen LogP contribution in [-0.2, 0) is 4.74 Å². The maximum Gasteiger partial charge on any atom is 0.404 e. The van der Waals surface area contributed by atoms with Gasteiger partial charge in [0.15, 0.2) is 5.65 Å². The highest BCUT2D eigenvalue weighted by molar-refractivity contribution is 6.34. The van der Waals surface area contributed by atoms with Gasteiger partial charge in [0.2, 0.25) is 0 Å². The van der Waals surface area contributed by atoms with E-state index in [4.69, 9.17) is 31.8 Å². The third kappa shape index (κ3) is 5.46. The zero-order chi connectivity index (χ0) is 28.7. The van der Waals surface area contributed by atoms with Gasteiger partial charge in [0.1, 0.15) is 23.2 Å². The first kappa shape index (κ1) is 27.8. The van der Waals surface area contributed by atoms with Gasteiger partial charge in [-0.1, -0.05) is 23.8 Å². The Balaban J connectivity index is 1.31. The van der Waals surface area contributed by atoms with E-state index in [1.165, 1.54) is 0 Å². The third-order valence-corrected chi connectivity index (χ3v) is 8.93. The topological polar surface area (TPSA) is 159 Å². The predicted molar refractivity (Wildman–Crippen MR) is 155 cm³/mol. The highest BCUT2D eigenvalue weighted by Crippen LogP contribution is 2.44. The number of nitrogens with one attached hydrogen (secondary N) is 2. The number of β-amino-alcohol motifs (C(OH)–C–C–N with tert-alkyl or cyclic N) is 1. The van der Waals surface area contributed by atoms with Crippen molar-refractivity contribution in [2.24, 2.45) is 17.6 Å². The zero-order valence-electron chi connectivity index (χ0n) is 22.8. The number of rotatable bonds is 9. The fourth-order valence-corrected chi connectivity index (χ4v) is 6.82. The number of carbonyl (C=O) groups excluding carboxylic acids is 1. The molecule has 2 aliphatic carbocycles. The number of aromatic amines is 1. The average Bonchev–Trinajstić information content (AvgIpc) is 3.70. The Morgan fingerprint density at radius 3 is 2.80 bits per heavy atom. The molecule has 3 heterocycles. The molecule has 0 unspecified atom stereocenters. The van der Waals surface area contributed by atoms with E-state index in [9.17, 15) is 15.0 Å². The minimum absolute atomic E-state index is 0.107. The lowest BCUT2D eigenvalue weighted by Gasteiger charge is -2.33. The lowest BCUT2D eigenvalue weighted by Crippen LogP contribution is -2.41. The SMILES string of the molecule is COc1ccc(-c2nc3c(N[C@H]4[C@@H](OC(N)=O)[C@@H]5C=C[C@H]4C5)c(Cl)cnc3[nH]2)c(C2CCN(C[C@H](O)CO)CC2)c1. The summed E-state index contributed by atoms with van der Waals surface area (Å²) < 4.78 is 11.1. The second-order valence-corrected chi connectivity index (χ2v) is 11.6. The van der Waals surface area contributed by atoms with E-state index in [1.54, 1.807) is 13.3 Å². The van der Waals surface area contributed by atoms with Crippen LogP contribution in [0.25, 0.3) is 22.6 Å². The van der Waals surface area contributed by atoms with Gasteiger partial charge < -0.3 is 40.6 Å². The number of aromatic nitrogens is 3. The molecule has 1 aliphatic heterocycles. The molecular weight excluding hydrogens is 548 g/mol. The molecule has 218 valence electrons. The van der Waals surface area contributed by atoms with Crippen LogP contribution in [0.3, 0.4) is 0 Å². The van der Waals surface area contributed by atoms with Crippen molar-refractivity contribution in [3.05, 3.63) is 47.1 Å². The number of aliphatic hydroxyl groups is 2. The summed E-state index contributed by atoms with van der Waals surface area (Å²) in [6.07, 6.45) is 6.57. The number of H-pyrrole nitrogens is 1. The molecule has 1 aromatic carbocycles. The summed E-state index contributed by atoms with van der Waals surface area (Å²) in [5.41, 5.74) is 9.29. The Morgan fingerprint density at radius 1 is 1.29 bits per heavy atom. The first-order chi connectivity index (χ1) is 19.8. The molecule has 0 radical (unpaired) electrons. The van der Waals surface area contributed by atoms with Crippen molar-refractivity contribution in [2.45, 2.75) is 43.4 Å². The number of carbonyl (C=O) groups is 1. The summed E-state index contributed by atoms with van der Waals surface area (Å²) in [4.78, 5) is 26.7. The highest BCUT2D eigenvalue weighted by atomic mass is 35.5. The van der Waals surface area contributed by atoms with Crippen molar-refractivity contribution in [3.8, 4) is 17.1 Å². The fourth-order valence-electron chi connectivity index (χ4n) is 6.63.